The van der Waals surface area contributed by atoms with E-state index in [2.05, 4.69) is 18.7 Å². The first-order valence-electron chi connectivity index (χ1n) is 6.82. The van der Waals surface area contributed by atoms with Crippen molar-refractivity contribution in [3.05, 3.63) is 24.8 Å². The molecule has 1 unspecified atom stereocenters. The maximum Gasteiger partial charge on any atom is 0.0760 e. The standard InChI is InChI=1S/C15H26O/c1-2-14-16-15-12-10-8-6-4-3-5-7-9-11-13-15/h2,10,12,15H,1,3-9,11,13-14H2/b12-10-. The minimum Gasteiger partial charge on any atom is -0.370 e. The topological polar surface area (TPSA) is 9.23 Å². The first-order valence-corrected chi connectivity index (χ1v) is 6.82. The van der Waals surface area contributed by atoms with Crippen LogP contribution in [0.5, 0.6) is 0 Å². The van der Waals surface area contributed by atoms with Crippen molar-refractivity contribution in [3.63, 3.8) is 0 Å². The lowest BCUT2D eigenvalue weighted by Gasteiger charge is -2.13. The molecular formula is C15H26O. The lowest BCUT2D eigenvalue weighted by atomic mass is 10.0. The Morgan fingerprint density at radius 3 is 2.50 bits per heavy atom. The summed E-state index contributed by atoms with van der Waals surface area (Å²) in [5.41, 5.74) is 0. The van der Waals surface area contributed by atoms with E-state index in [0.717, 1.165) is 0 Å². The molecule has 0 aromatic rings. The van der Waals surface area contributed by atoms with E-state index in [1.54, 1.807) is 0 Å². The highest BCUT2D eigenvalue weighted by Crippen LogP contribution is 2.14. The van der Waals surface area contributed by atoms with E-state index in [1.807, 2.05) is 6.08 Å². The SMILES string of the molecule is C=CCOC1/C=C\CCCCCCCCC1. The summed E-state index contributed by atoms with van der Waals surface area (Å²) in [6.07, 6.45) is 18.7. The second-order valence-electron chi connectivity index (χ2n) is 4.64. The molecular weight excluding hydrogens is 196 g/mol. The minimum atomic E-state index is 0.317. The van der Waals surface area contributed by atoms with Crippen LogP contribution in [0.15, 0.2) is 24.8 Å². The average molecular weight is 222 g/mol. The van der Waals surface area contributed by atoms with Crippen molar-refractivity contribution >= 4 is 0 Å². The predicted molar refractivity (Wildman–Crippen MR) is 70.6 cm³/mol. The largest absolute Gasteiger partial charge is 0.370 e. The molecule has 1 nitrogen and oxygen atoms in total. The Balaban J connectivity index is 2.32. The summed E-state index contributed by atoms with van der Waals surface area (Å²) in [4.78, 5) is 0. The Morgan fingerprint density at radius 1 is 1.06 bits per heavy atom. The second kappa shape index (κ2) is 9.65. The van der Waals surface area contributed by atoms with Crippen LogP contribution < -0.4 is 0 Å². The summed E-state index contributed by atoms with van der Waals surface area (Å²) in [5.74, 6) is 0. The molecule has 1 atom stereocenters. The first-order chi connectivity index (χ1) is 7.93. The number of hydrogen-bond acceptors (Lipinski definition) is 1. The third-order valence-corrected chi connectivity index (χ3v) is 3.14. The van der Waals surface area contributed by atoms with Crippen LogP contribution >= 0.6 is 0 Å². The number of ether oxygens (including phenoxy) is 1. The van der Waals surface area contributed by atoms with E-state index in [-0.39, 0.29) is 0 Å². The van der Waals surface area contributed by atoms with Gasteiger partial charge in [0.15, 0.2) is 0 Å². The van der Waals surface area contributed by atoms with Crippen molar-refractivity contribution in [1.82, 2.24) is 0 Å². The summed E-state index contributed by atoms with van der Waals surface area (Å²) < 4.78 is 5.73. The number of hydrogen-bond donors (Lipinski definition) is 0. The van der Waals surface area contributed by atoms with Gasteiger partial charge in [-0.25, -0.2) is 0 Å². The van der Waals surface area contributed by atoms with Crippen molar-refractivity contribution in [3.8, 4) is 0 Å². The van der Waals surface area contributed by atoms with Gasteiger partial charge in [-0.2, -0.15) is 0 Å². The molecule has 0 aromatic heterocycles. The van der Waals surface area contributed by atoms with Gasteiger partial charge in [-0.15, -0.1) is 6.58 Å². The summed E-state index contributed by atoms with van der Waals surface area (Å²) in [5, 5.41) is 0. The number of rotatable bonds is 3. The molecule has 0 amide bonds. The van der Waals surface area contributed by atoms with Crippen molar-refractivity contribution < 1.29 is 4.74 Å². The lowest BCUT2D eigenvalue weighted by molar-refractivity contribution is 0.100. The van der Waals surface area contributed by atoms with Gasteiger partial charge in [0.1, 0.15) is 0 Å². The van der Waals surface area contributed by atoms with Gasteiger partial charge >= 0.3 is 0 Å². The molecule has 0 saturated carbocycles. The van der Waals surface area contributed by atoms with Crippen LogP contribution in [0.1, 0.15) is 57.8 Å². The van der Waals surface area contributed by atoms with E-state index in [1.165, 1.54) is 57.8 Å². The molecule has 92 valence electrons. The Morgan fingerprint density at radius 2 is 1.75 bits per heavy atom. The Hall–Kier alpha value is -0.560. The molecule has 0 radical (unpaired) electrons. The summed E-state index contributed by atoms with van der Waals surface area (Å²) in [7, 11) is 0. The molecule has 1 rings (SSSR count). The zero-order valence-electron chi connectivity index (χ0n) is 10.5. The van der Waals surface area contributed by atoms with E-state index >= 15 is 0 Å². The zero-order valence-corrected chi connectivity index (χ0v) is 10.5. The van der Waals surface area contributed by atoms with Gasteiger partial charge in [-0.3, -0.25) is 0 Å². The van der Waals surface area contributed by atoms with Gasteiger partial charge in [0.05, 0.1) is 12.7 Å². The summed E-state index contributed by atoms with van der Waals surface area (Å²) in [6, 6.07) is 0. The maximum absolute atomic E-state index is 5.73. The molecule has 0 saturated heterocycles. The minimum absolute atomic E-state index is 0.317. The average Bonchev–Trinajstić information content (AvgIpc) is 2.28. The summed E-state index contributed by atoms with van der Waals surface area (Å²) in [6.45, 7) is 4.37. The normalized spacial score (nSPS) is 26.4. The third kappa shape index (κ3) is 6.84. The predicted octanol–water partition coefficient (Wildman–Crippen LogP) is 4.64. The highest BCUT2D eigenvalue weighted by Gasteiger charge is 2.04. The van der Waals surface area contributed by atoms with Crippen LogP contribution in [0.2, 0.25) is 0 Å². The van der Waals surface area contributed by atoms with E-state index < -0.39 is 0 Å². The zero-order chi connectivity index (χ0) is 11.5. The van der Waals surface area contributed by atoms with Crippen molar-refractivity contribution in [1.29, 1.82) is 0 Å². The van der Waals surface area contributed by atoms with Crippen molar-refractivity contribution in [2.75, 3.05) is 6.61 Å². The van der Waals surface area contributed by atoms with Crippen molar-refractivity contribution in [2.45, 2.75) is 63.9 Å². The molecule has 0 bridgehead atoms. The van der Waals surface area contributed by atoms with Gasteiger partial charge in [-0.05, 0) is 19.3 Å². The van der Waals surface area contributed by atoms with Crippen LogP contribution in [0, 0.1) is 0 Å². The fourth-order valence-corrected chi connectivity index (χ4v) is 2.17. The van der Waals surface area contributed by atoms with Crippen LogP contribution in [-0.4, -0.2) is 12.7 Å². The number of allylic oxidation sites excluding steroid dienone is 1. The molecule has 1 aliphatic rings. The van der Waals surface area contributed by atoms with Crippen molar-refractivity contribution in [2.24, 2.45) is 0 Å². The summed E-state index contributed by atoms with van der Waals surface area (Å²) >= 11 is 0. The molecule has 0 fully saturated rings. The Labute approximate surface area is 101 Å². The van der Waals surface area contributed by atoms with Crippen LogP contribution in [-0.2, 0) is 4.74 Å². The Kier molecular flexibility index (Phi) is 8.15. The van der Waals surface area contributed by atoms with Gasteiger partial charge in [0.25, 0.3) is 0 Å². The fraction of sp³-hybridized carbons (Fsp3) is 0.733. The molecule has 0 spiro atoms. The molecule has 0 heterocycles. The molecule has 16 heavy (non-hydrogen) atoms. The Bertz CT molecular complexity index is 196. The van der Waals surface area contributed by atoms with Crippen LogP contribution in [0.25, 0.3) is 0 Å². The smallest absolute Gasteiger partial charge is 0.0760 e. The molecule has 0 aromatic carbocycles. The van der Waals surface area contributed by atoms with Gasteiger partial charge < -0.3 is 4.74 Å². The van der Waals surface area contributed by atoms with E-state index in [4.69, 9.17) is 4.74 Å². The lowest BCUT2D eigenvalue weighted by Crippen LogP contribution is -2.10. The molecule has 0 aliphatic heterocycles. The van der Waals surface area contributed by atoms with Crippen LogP contribution in [0.3, 0.4) is 0 Å². The molecule has 1 heteroatoms. The van der Waals surface area contributed by atoms with Gasteiger partial charge in [0, 0.05) is 0 Å². The second-order valence-corrected chi connectivity index (χ2v) is 4.64. The molecule has 0 N–H and O–H groups in total. The van der Waals surface area contributed by atoms with E-state index in [9.17, 15) is 0 Å². The third-order valence-electron chi connectivity index (χ3n) is 3.14. The quantitative estimate of drug-likeness (QED) is 0.632. The van der Waals surface area contributed by atoms with Gasteiger partial charge in [-0.1, -0.05) is 56.8 Å². The van der Waals surface area contributed by atoms with Gasteiger partial charge in [0.2, 0.25) is 0 Å². The molecule has 1 aliphatic carbocycles. The highest BCUT2D eigenvalue weighted by atomic mass is 16.5. The van der Waals surface area contributed by atoms with E-state index in [0.29, 0.717) is 12.7 Å². The monoisotopic (exact) mass is 222 g/mol. The maximum atomic E-state index is 5.73. The highest BCUT2D eigenvalue weighted by molar-refractivity contribution is 4.90. The van der Waals surface area contributed by atoms with Crippen LogP contribution in [0.4, 0.5) is 0 Å². The fourth-order valence-electron chi connectivity index (χ4n) is 2.17. The first kappa shape index (κ1) is 13.5.